The number of ketones is 1. The Labute approximate surface area is 122 Å². The van der Waals surface area contributed by atoms with Crippen LogP contribution < -0.4 is 5.32 Å². The van der Waals surface area contributed by atoms with Gasteiger partial charge in [0.1, 0.15) is 11.6 Å². The Morgan fingerprint density at radius 2 is 2.45 bits per heavy atom. The van der Waals surface area contributed by atoms with Crippen LogP contribution in [-0.2, 0) is 17.8 Å². The highest BCUT2D eigenvalue weighted by Gasteiger charge is 2.22. The zero-order valence-corrected chi connectivity index (χ0v) is 12.8. The summed E-state index contributed by atoms with van der Waals surface area (Å²) in [6, 6.07) is 0. The number of nitrogens with one attached hydrogen (secondary N) is 1. The average Bonchev–Trinajstić information content (AvgIpc) is 2.87. The maximum absolute atomic E-state index is 12.2. The average molecular weight is 277 g/mol. The van der Waals surface area contributed by atoms with E-state index in [9.17, 15) is 4.79 Å². The lowest BCUT2D eigenvalue weighted by Crippen LogP contribution is -2.34. The highest BCUT2D eigenvalue weighted by Crippen LogP contribution is 2.23. The molecule has 0 aliphatic carbocycles. The van der Waals surface area contributed by atoms with Gasteiger partial charge >= 0.3 is 0 Å². The van der Waals surface area contributed by atoms with Crippen LogP contribution in [0.4, 0.5) is 0 Å². The molecule has 4 nitrogen and oxygen atoms in total. The molecule has 112 valence electrons. The van der Waals surface area contributed by atoms with Crippen LogP contribution in [0.3, 0.4) is 0 Å². The number of piperidine rings is 1. The summed E-state index contributed by atoms with van der Waals surface area (Å²) in [4.78, 5) is 16.6. The first-order valence-corrected chi connectivity index (χ1v) is 7.93. The number of imidazole rings is 1. The van der Waals surface area contributed by atoms with Crippen LogP contribution in [0.25, 0.3) is 0 Å². The second-order valence-corrected chi connectivity index (χ2v) is 6.04. The number of carbonyl (C=O) groups excluding carboxylic acids is 1. The first-order valence-electron chi connectivity index (χ1n) is 7.93. The fraction of sp³-hybridized carbons (Fsp3) is 0.750. The lowest BCUT2D eigenvalue weighted by molar-refractivity contribution is -0.119. The van der Waals surface area contributed by atoms with Gasteiger partial charge in [-0.25, -0.2) is 4.98 Å². The molecule has 2 unspecified atom stereocenters. The summed E-state index contributed by atoms with van der Waals surface area (Å²) in [5.41, 5.74) is 0. The van der Waals surface area contributed by atoms with Crippen LogP contribution >= 0.6 is 0 Å². The SMILES string of the molecule is CCCn1ccnc1CC(=O)CC(C)C1CCCNC1. The van der Waals surface area contributed by atoms with Gasteiger partial charge in [-0.15, -0.1) is 0 Å². The summed E-state index contributed by atoms with van der Waals surface area (Å²) >= 11 is 0. The van der Waals surface area contributed by atoms with Crippen LogP contribution in [0.1, 0.15) is 45.4 Å². The molecule has 20 heavy (non-hydrogen) atoms. The zero-order chi connectivity index (χ0) is 14.4. The van der Waals surface area contributed by atoms with Gasteiger partial charge in [-0.2, -0.15) is 0 Å². The highest BCUT2D eigenvalue weighted by molar-refractivity contribution is 5.80. The molecule has 0 saturated carbocycles. The summed E-state index contributed by atoms with van der Waals surface area (Å²) in [6.45, 7) is 7.51. The smallest absolute Gasteiger partial charge is 0.140 e. The molecule has 0 bridgehead atoms. The fourth-order valence-corrected chi connectivity index (χ4v) is 3.09. The van der Waals surface area contributed by atoms with Crippen molar-refractivity contribution in [1.29, 1.82) is 0 Å². The molecular formula is C16H27N3O. The third kappa shape index (κ3) is 4.17. The number of rotatable bonds is 7. The van der Waals surface area contributed by atoms with E-state index >= 15 is 0 Å². The van der Waals surface area contributed by atoms with Gasteiger partial charge in [-0.1, -0.05) is 13.8 Å². The first-order chi connectivity index (χ1) is 9.70. The number of aryl methyl sites for hydroxylation is 1. The summed E-state index contributed by atoms with van der Waals surface area (Å²) in [5, 5.41) is 3.43. The zero-order valence-electron chi connectivity index (χ0n) is 12.8. The van der Waals surface area contributed by atoms with Gasteiger partial charge in [0.2, 0.25) is 0 Å². The van der Waals surface area contributed by atoms with E-state index in [0.717, 1.165) is 31.9 Å². The third-order valence-electron chi connectivity index (χ3n) is 4.31. The van der Waals surface area contributed by atoms with Crippen molar-refractivity contribution < 1.29 is 4.79 Å². The van der Waals surface area contributed by atoms with Gasteiger partial charge in [-0.3, -0.25) is 4.79 Å². The summed E-state index contributed by atoms with van der Waals surface area (Å²) in [7, 11) is 0. The predicted molar refractivity (Wildman–Crippen MR) is 80.6 cm³/mol. The van der Waals surface area contributed by atoms with E-state index in [2.05, 4.69) is 28.7 Å². The van der Waals surface area contributed by atoms with Crippen LogP contribution in [0, 0.1) is 11.8 Å². The Hall–Kier alpha value is -1.16. The van der Waals surface area contributed by atoms with Gasteiger partial charge in [0.25, 0.3) is 0 Å². The molecular weight excluding hydrogens is 250 g/mol. The van der Waals surface area contributed by atoms with Gasteiger partial charge in [0.15, 0.2) is 0 Å². The number of aromatic nitrogens is 2. The van der Waals surface area contributed by atoms with E-state index in [1.165, 1.54) is 12.8 Å². The van der Waals surface area contributed by atoms with Crippen molar-refractivity contribution in [3.8, 4) is 0 Å². The number of carbonyl (C=O) groups is 1. The van der Waals surface area contributed by atoms with Crippen molar-refractivity contribution in [3.63, 3.8) is 0 Å². The molecule has 2 atom stereocenters. The molecule has 0 amide bonds. The maximum Gasteiger partial charge on any atom is 0.140 e. The minimum absolute atomic E-state index is 0.326. The van der Waals surface area contributed by atoms with E-state index in [1.807, 2.05) is 6.20 Å². The van der Waals surface area contributed by atoms with Gasteiger partial charge in [0, 0.05) is 25.4 Å². The molecule has 0 aromatic carbocycles. The molecule has 4 heteroatoms. The fourth-order valence-electron chi connectivity index (χ4n) is 3.09. The van der Waals surface area contributed by atoms with Gasteiger partial charge < -0.3 is 9.88 Å². The summed E-state index contributed by atoms with van der Waals surface area (Å²) in [6.07, 6.45) is 8.51. The van der Waals surface area contributed by atoms with Crippen molar-refractivity contribution >= 4 is 5.78 Å². The Balaban J connectivity index is 1.83. The Morgan fingerprint density at radius 1 is 1.60 bits per heavy atom. The van der Waals surface area contributed by atoms with Crippen LogP contribution in [-0.4, -0.2) is 28.4 Å². The van der Waals surface area contributed by atoms with Crippen molar-refractivity contribution in [2.75, 3.05) is 13.1 Å². The lowest BCUT2D eigenvalue weighted by Gasteiger charge is -2.28. The van der Waals surface area contributed by atoms with Crippen molar-refractivity contribution in [2.45, 2.75) is 52.5 Å². The third-order valence-corrected chi connectivity index (χ3v) is 4.31. The predicted octanol–water partition coefficient (Wildman–Crippen LogP) is 2.43. The molecule has 1 aliphatic heterocycles. The van der Waals surface area contributed by atoms with E-state index in [4.69, 9.17) is 0 Å². The van der Waals surface area contributed by atoms with E-state index in [-0.39, 0.29) is 0 Å². The molecule has 1 aliphatic rings. The van der Waals surface area contributed by atoms with Crippen molar-refractivity contribution in [1.82, 2.24) is 14.9 Å². The Kier molecular flexibility index (Phi) is 5.77. The van der Waals surface area contributed by atoms with E-state index in [0.29, 0.717) is 30.5 Å². The second kappa shape index (κ2) is 7.58. The molecule has 0 radical (unpaired) electrons. The second-order valence-electron chi connectivity index (χ2n) is 6.04. The molecule has 1 aromatic heterocycles. The molecule has 0 spiro atoms. The maximum atomic E-state index is 12.2. The summed E-state index contributed by atoms with van der Waals surface area (Å²) < 4.78 is 2.10. The Morgan fingerprint density at radius 3 is 3.15 bits per heavy atom. The minimum Gasteiger partial charge on any atom is -0.335 e. The molecule has 1 fully saturated rings. The van der Waals surface area contributed by atoms with Crippen LogP contribution in [0.15, 0.2) is 12.4 Å². The lowest BCUT2D eigenvalue weighted by atomic mass is 9.84. The highest BCUT2D eigenvalue weighted by atomic mass is 16.1. The number of nitrogens with zero attached hydrogens (tertiary/aromatic N) is 2. The van der Waals surface area contributed by atoms with Crippen molar-refractivity contribution in [2.24, 2.45) is 11.8 Å². The first kappa shape index (κ1) is 15.2. The molecule has 1 aromatic rings. The van der Waals surface area contributed by atoms with Gasteiger partial charge in [-0.05, 0) is 44.2 Å². The van der Waals surface area contributed by atoms with E-state index < -0.39 is 0 Å². The number of hydrogen-bond acceptors (Lipinski definition) is 3. The van der Waals surface area contributed by atoms with E-state index in [1.54, 1.807) is 6.20 Å². The summed E-state index contributed by atoms with van der Waals surface area (Å²) in [5.74, 6) is 2.38. The normalized spacial score (nSPS) is 20.8. The largest absolute Gasteiger partial charge is 0.335 e. The molecule has 2 rings (SSSR count). The topological polar surface area (TPSA) is 46.9 Å². The number of Topliss-reactive ketones (excluding diaryl/α,β-unsaturated/α-hetero) is 1. The number of hydrogen-bond donors (Lipinski definition) is 1. The van der Waals surface area contributed by atoms with Crippen LogP contribution in [0.2, 0.25) is 0 Å². The molecule has 2 heterocycles. The monoisotopic (exact) mass is 277 g/mol. The minimum atomic E-state index is 0.326. The molecule has 1 saturated heterocycles. The standard InChI is InChI=1S/C16H27N3O/c1-3-8-19-9-7-18-16(19)11-15(20)10-13(2)14-5-4-6-17-12-14/h7,9,13-14,17H,3-6,8,10-12H2,1-2H3. The quantitative estimate of drug-likeness (QED) is 0.832. The van der Waals surface area contributed by atoms with Crippen LogP contribution in [0.5, 0.6) is 0 Å². The van der Waals surface area contributed by atoms with Gasteiger partial charge in [0.05, 0.1) is 6.42 Å². The Bertz CT molecular complexity index is 421. The molecule has 1 N–H and O–H groups in total. The van der Waals surface area contributed by atoms with Crippen molar-refractivity contribution in [3.05, 3.63) is 18.2 Å².